The number of rotatable bonds is 13. The SMILES string of the molecule is C/C=C(/N=Nc1ccc(N2CCCC2)c2ccccc12)c1ccccc1[NH2+]CCSSCC[n+]1ccc(N)c2ccccc21.Nc1ccc(N2CCCC2)c2ccccc12. The van der Waals surface area contributed by atoms with E-state index in [0.717, 1.165) is 76.8 Å². The van der Waals surface area contributed by atoms with E-state index in [9.17, 15) is 0 Å². The number of nitrogens with two attached hydrogens (primary N) is 3. The van der Waals surface area contributed by atoms with Gasteiger partial charge in [0.25, 0.3) is 0 Å². The minimum atomic E-state index is 0.831. The molecule has 7 aromatic rings. The van der Waals surface area contributed by atoms with Gasteiger partial charge in [-0.2, -0.15) is 9.68 Å². The van der Waals surface area contributed by atoms with Crippen LogP contribution in [-0.4, -0.2) is 44.2 Å². The predicted octanol–water partition coefficient (Wildman–Crippen LogP) is 10.9. The maximum absolute atomic E-state index is 6.17. The van der Waals surface area contributed by atoms with Crippen molar-refractivity contribution in [1.82, 2.24) is 0 Å². The second-order valence-electron chi connectivity index (χ2n) is 15.3. The monoisotopic (exact) mass is 832 g/mol. The number of aryl methyl sites for hydroxylation is 1. The first-order chi connectivity index (χ1) is 29.6. The van der Waals surface area contributed by atoms with Gasteiger partial charge in [-0.05, 0) is 75.1 Å². The van der Waals surface area contributed by atoms with Crippen molar-refractivity contribution < 1.29 is 9.88 Å². The summed E-state index contributed by atoms with van der Waals surface area (Å²) >= 11 is 0. The first-order valence-corrected chi connectivity index (χ1v) is 23.8. The molecule has 60 heavy (non-hydrogen) atoms. The lowest BCUT2D eigenvalue weighted by Crippen LogP contribution is -2.79. The van der Waals surface area contributed by atoms with Crippen LogP contribution in [0.15, 0.2) is 150 Å². The zero-order valence-corrected chi connectivity index (χ0v) is 36.2. The Bertz CT molecular complexity index is 2610. The van der Waals surface area contributed by atoms with Crippen molar-refractivity contribution in [2.24, 2.45) is 10.2 Å². The Kier molecular flexibility index (Phi) is 13.8. The molecule has 2 fully saturated rings. The molecule has 0 bridgehead atoms. The number of fused-ring (bicyclic) bond motifs is 3. The first-order valence-electron chi connectivity index (χ1n) is 21.3. The third-order valence-corrected chi connectivity index (χ3v) is 13.9. The van der Waals surface area contributed by atoms with Crippen LogP contribution in [-0.2, 0) is 6.54 Å². The summed E-state index contributed by atoms with van der Waals surface area (Å²) in [5.41, 5.74) is 21.8. The summed E-state index contributed by atoms with van der Waals surface area (Å²) in [6.07, 6.45) is 9.28. The standard InChI is InChI=1S/C36H38N6S2.C14H16N2/c1-2-32(39-40-34-17-18-36(41-21-9-10-22-41)28-12-4-3-11-27(28)34)30-14-5-7-15-33(30)38-20-25-43-44-26-24-42-23-19-31(37)29-13-6-8-16-35(29)42;15-13-7-8-14(16-9-3-4-10-16)12-6-2-1-5-11(12)13/h2-8,11-19,23,37-38H,9-10,20-22,24-26H2,1H3;1-2,5-8H,3-4,9-10,15H2/p+2/b32-2+,40-39?;. The van der Waals surface area contributed by atoms with Gasteiger partial charge in [-0.25, -0.2) is 0 Å². The number of para-hydroxylation sites is 2. The molecular weight excluding hydrogens is 777 g/mol. The lowest BCUT2D eigenvalue weighted by Gasteiger charge is -2.20. The Morgan fingerprint density at radius 1 is 0.633 bits per heavy atom. The maximum Gasteiger partial charge on any atom is 0.214 e. The number of azo groups is 1. The largest absolute Gasteiger partial charge is 0.398 e. The molecule has 0 amide bonds. The molecule has 306 valence electrons. The third-order valence-electron chi connectivity index (χ3n) is 11.5. The number of hydrogen-bond acceptors (Lipinski definition) is 8. The molecule has 0 aliphatic carbocycles. The lowest BCUT2D eigenvalue weighted by molar-refractivity contribution is -0.666. The van der Waals surface area contributed by atoms with Crippen molar-refractivity contribution in [3.63, 3.8) is 0 Å². The molecule has 0 saturated carbocycles. The molecule has 2 saturated heterocycles. The summed E-state index contributed by atoms with van der Waals surface area (Å²) < 4.78 is 2.29. The van der Waals surface area contributed by atoms with Crippen molar-refractivity contribution in [2.75, 3.05) is 65.5 Å². The molecule has 6 aromatic carbocycles. The van der Waals surface area contributed by atoms with Crippen LogP contribution in [0.3, 0.4) is 0 Å². The number of pyridine rings is 1. The number of benzene rings is 6. The van der Waals surface area contributed by atoms with E-state index in [1.165, 1.54) is 77.5 Å². The molecule has 2 aliphatic heterocycles. The van der Waals surface area contributed by atoms with Crippen LogP contribution < -0.4 is 31.2 Å². The number of anilines is 4. The molecule has 0 radical (unpaired) electrons. The van der Waals surface area contributed by atoms with E-state index in [1.807, 2.05) is 52.8 Å². The first kappa shape index (κ1) is 41.2. The second kappa shape index (κ2) is 20.1. The smallest absolute Gasteiger partial charge is 0.214 e. The Balaban J connectivity index is 0.000000258. The number of nitrogen functional groups attached to an aromatic ring is 2. The van der Waals surface area contributed by atoms with Gasteiger partial charge in [0, 0.05) is 76.9 Å². The highest BCUT2D eigenvalue weighted by atomic mass is 33.1. The summed E-state index contributed by atoms with van der Waals surface area (Å²) in [6.45, 7) is 8.58. The molecule has 8 nitrogen and oxygen atoms in total. The zero-order valence-electron chi connectivity index (χ0n) is 34.5. The van der Waals surface area contributed by atoms with Crippen LogP contribution >= 0.6 is 21.6 Å². The summed E-state index contributed by atoms with van der Waals surface area (Å²) in [5, 5.41) is 17.8. The van der Waals surface area contributed by atoms with E-state index in [2.05, 4.69) is 135 Å². The predicted molar refractivity (Wildman–Crippen MR) is 260 cm³/mol. The van der Waals surface area contributed by atoms with Crippen LogP contribution in [0.1, 0.15) is 38.2 Å². The highest BCUT2D eigenvalue weighted by molar-refractivity contribution is 8.76. The lowest BCUT2D eigenvalue weighted by atomic mass is 10.1. The number of nitrogens with zero attached hydrogens (tertiary/aromatic N) is 5. The molecule has 0 spiro atoms. The molecule has 3 heterocycles. The maximum atomic E-state index is 6.17. The fourth-order valence-corrected chi connectivity index (χ4v) is 10.4. The molecule has 2 aliphatic rings. The Labute approximate surface area is 362 Å². The van der Waals surface area contributed by atoms with E-state index in [4.69, 9.17) is 21.7 Å². The average molecular weight is 833 g/mol. The molecule has 1 aromatic heterocycles. The van der Waals surface area contributed by atoms with Crippen molar-refractivity contribution in [3.05, 3.63) is 145 Å². The molecule has 10 heteroatoms. The van der Waals surface area contributed by atoms with Gasteiger partial charge in [0.15, 0.2) is 12.7 Å². The van der Waals surface area contributed by atoms with E-state index >= 15 is 0 Å². The fraction of sp³-hybridized carbons (Fsp3) is 0.260. The van der Waals surface area contributed by atoms with Crippen LogP contribution in [0.2, 0.25) is 0 Å². The van der Waals surface area contributed by atoms with E-state index in [0.29, 0.717) is 0 Å². The molecule has 6 N–H and O–H groups in total. The highest BCUT2D eigenvalue weighted by Crippen LogP contribution is 2.37. The fourth-order valence-electron chi connectivity index (χ4n) is 8.43. The van der Waals surface area contributed by atoms with Gasteiger partial charge in [-0.1, -0.05) is 100 Å². The van der Waals surface area contributed by atoms with Gasteiger partial charge in [0.2, 0.25) is 5.52 Å². The molecule has 9 rings (SSSR count). The van der Waals surface area contributed by atoms with Crippen LogP contribution in [0.4, 0.5) is 34.1 Å². The molecule has 0 atom stereocenters. The number of hydrogen-bond donors (Lipinski definition) is 3. The average Bonchev–Trinajstić information content (AvgIpc) is 4.04. The topological polar surface area (TPSA) is 104 Å². The van der Waals surface area contributed by atoms with Gasteiger partial charge in [-0.15, -0.1) is 5.11 Å². The minimum Gasteiger partial charge on any atom is -0.398 e. The van der Waals surface area contributed by atoms with Crippen LogP contribution in [0, 0.1) is 0 Å². The number of allylic oxidation sites excluding steroid dienone is 1. The van der Waals surface area contributed by atoms with Crippen molar-refractivity contribution >= 4 is 93.9 Å². The molecule has 0 unspecified atom stereocenters. The van der Waals surface area contributed by atoms with Crippen molar-refractivity contribution in [2.45, 2.75) is 39.2 Å². The minimum absolute atomic E-state index is 0.831. The quantitative estimate of drug-likeness (QED) is 0.0351. The van der Waals surface area contributed by atoms with E-state index in [-0.39, 0.29) is 0 Å². The van der Waals surface area contributed by atoms with E-state index in [1.54, 1.807) is 0 Å². The molecular formula is C50H56N8S2+2. The summed E-state index contributed by atoms with van der Waals surface area (Å²) in [6, 6.07) is 44.3. The highest BCUT2D eigenvalue weighted by Gasteiger charge is 2.18. The van der Waals surface area contributed by atoms with Gasteiger partial charge < -0.3 is 26.6 Å². The van der Waals surface area contributed by atoms with Gasteiger partial charge in [0.1, 0.15) is 5.69 Å². The normalized spacial score (nSPS) is 14.4. The summed E-state index contributed by atoms with van der Waals surface area (Å²) in [4.78, 5) is 4.95. The summed E-state index contributed by atoms with van der Waals surface area (Å²) in [5.74, 6) is 2.09. The van der Waals surface area contributed by atoms with Crippen LogP contribution in [0.25, 0.3) is 38.1 Å². The number of aromatic nitrogens is 1. The Hall–Kier alpha value is -5.55. The zero-order chi connectivity index (χ0) is 41.1. The van der Waals surface area contributed by atoms with Gasteiger partial charge in [0.05, 0.1) is 46.1 Å². The van der Waals surface area contributed by atoms with Gasteiger partial charge in [-0.3, -0.25) is 0 Å². The number of quaternary nitrogens is 1. The Morgan fingerprint density at radius 2 is 1.20 bits per heavy atom. The van der Waals surface area contributed by atoms with Crippen LogP contribution in [0.5, 0.6) is 0 Å². The summed E-state index contributed by atoms with van der Waals surface area (Å²) in [7, 11) is 3.85. The van der Waals surface area contributed by atoms with E-state index < -0.39 is 0 Å². The second-order valence-corrected chi connectivity index (χ2v) is 18.0. The van der Waals surface area contributed by atoms with Gasteiger partial charge >= 0.3 is 0 Å². The Morgan fingerprint density at radius 3 is 1.92 bits per heavy atom. The third kappa shape index (κ3) is 9.57. The van der Waals surface area contributed by atoms with Crippen molar-refractivity contribution in [1.29, 1.82) is 0 Å². The van der Waals surface area contributed by atoms with Crippen molar-refractivity contribution in [3.8, 4) is 0 Å².